The third kappa shape index (κ3) is 5.25. The Morgan fingerprint density at radius 1 is 0.963 bits per heavy atom. The molecule has 0 saturated carbocycles. The van der Waals surface area contributed by atoms with E-state index in [9.17, 15) is 4.79 Å². The predicted molar refractivity (Wildman–Crippen MR) is 111 cm³/mol. The Hall–Kier alpha value is -2.98. The molecule has 27 heavy (non-hydrogen) atoms. The summed E-state index contributed by atoms with van der Waals surface area (Å²) >= 11 is 6.00. The number of para-hydroxylation sites is 2. The minimum atomic E-state index is -0.235. The molecule has 0 saturated heterocycles. The van der Waals surface area contributed by atoms with Crippen molar-refractivity contribution in [1.82, 2.24) is 0 Å². The van der Waals surface area contributed by atoms with Crippen molar-refractivity contribution in [3.8, 4) is 5.75 Å². The molecule has 0 unspecified atom stereocenters. The lowest BCUT2D eigenvalue weighted by Gasteiger charge is -2.14. The van der Waals surface area contributed by atoms with Gasteiger partial charge in [0, 0.05) is 10.7 Å². The van der Waals surface area contributed by atoms with Gasteiger partial charge in [-0.25, -0.2) is 0 Å². The summed E-state index contributed by atoms with van der Waals surface area (Å²) in [6.45, 7) is 3.85. The molecule has 0 bridgehead atoms. The van der Waals surface area contributed by atoms with Gasteiger partial charge in [-0.3, -0.25) is 4.79 Å². The first-order valence-corrected chi connectivity index (χ1v) is 9.00. The Labute approximate surface area is 164 Å². The fourth-order valence-electron chi connectivity index (χ4n) is 2.54. The summed E-state index contributed by atoms with van der Waals surface area (Å²) in [7, 11) is 0. The van der Waals surface area contributed by atoms with E-state index in [1.54, 1.807) is 12.1 Å². The molecule has 0 atom stereocenters. The van der Waals surface area contributed by atoms with Crippen LogP contribution in [0.4, 0.5) is 17.1 Å². The number of benzene rings is 3. The van der Waals surface area contributed by atoms with Gasteiger partial charge in [0.05, 0.1) is 11.4 Å². The number of ether oxygens (including phenoxy) is 1. The van der Waals surface area contributed by atoms with Crippen molar-refractivity contribution in [2.75, 3.05) is 17.2 Å². The Bertz CT molecular complexity index is 939. The lowest BCUT2D eigenvalue weighted by atomic mass is 10.2. The second-order valence-corrected chi connectivity index (χ2v) is 6.69. The molecule has 0 aliphatic rings. The first-order valence-electron chi connectivity index (χ1n) is 8.63. The maximum absolute atomic E-state index is 12.3. The van der Waals surface area contributed by atoms with Crippen LogP contribution in [0, 0.1) is 13.8 Å². The highest BCUT2D eigenvalue weighted by Crippen LogP contribution is 2.26. The first-order chi connectivity index (χ1) is 13.0. The summed E-state index contributed by atoms with van der Waals surface area (Å²) in [5.74, 6) is 0.374. The lowest BCUT2D eigenvalue weighted by Crippen LogP contribution is -2.20. The summed E-state index contributed by atoms with van der Waals surface area (Å²) in [4.78, 5) is 12.3. The number of rotatable bonds is 6. The fraction of sp³-hybridized carbons (Fsp3) is 0.136. The van der Waals surface area contributed by atoms with Gasteiger partial charge in [0.25, 0.3) is 5.91 Å². The second-order valence-electron chi connectivity index (χ2n) is 6.28. The van der Waals surface area contributed by atoms with Crippen molar-refractivity contribution in [3.63, 3.8) is 0 Å². The topological polar surface area (TPSA) is 50.4 Å². The van der Waals surface area contributed by atoms with E-state index in [0.717, 1.165) is 16.9 Å². The molecule has 0 heterocycles. The average molecular weight is 381 g/mol. The van der Waals surface area contributed by atoms with Gasteiger partial charge in [0.15, 0.2) is 6.61 Å². The van der Waals surface area contributed by atoms with Gasteiger partial charge in [-0.2, -0.15) is 0 Å². The molecule has 0 aliphatic heterocycles. The Kier molecular flexibility index (Phi) is 5.99. The second kappa shape index (κ2) is 8.60. The van der Waals surface area contributed by atoms with Gasteiger partial charge in [-0.15, -0.1) is 0 Å². The zero-order valence-electron chi connectivity index (χ0n) is 15.3. The molecule has 1 amide bonds. The summed E-state index contributed by atoms with van der Waals surface area (Å²) in [6.07, 6.45) is 0. The van der Waals surface area contributed by atoms with E-state index in [2.05, 4.69) is 10.6 Å². The molecule has 0 radical (unpaired) electrons. The van der Waals surface area contributed by atoms with Gasteiger partial charge in [0.2, 0.25) is 0 Å². The molecule has 0 spiro atoms. The van der Waals surface area contributed by atoms with E-state index in [4.69, 9.17) is 16.3 Å². The summed E-state index contributed by atoms with van der Waals surface area (Å²) in [5, 5.41) is 6.88. The highest BCUT2D eigenvalue weighted by atomic mass is 35.5. The van der Waals surface area contributed by atoms with Crippen LogP contribution in [0.3, 0.4) is 0 Å². The molecule has 0 fully saturated rings. The highest BCUT2D eigenvalue weighted by Gasteiger charge is 2.08. The summed E-state index contributed by atoms with van der Waals surface area (Å²) < 4.78 is 5.56. The molecule has 3 aromatic carbocycles. The van der Waals surface area contributed by atoms with Crippen LogP contribution in [0.5, 0.6) is 5.75 Å². The van der Waals surface area contributed by atoms with Crippen LogP contribution in [-0.4, -0.2) is 12.5 Å². The number of anilines is 3. The van der Waals surface area contributed by atoms with Gasteiger partial charge in [-0.05, 0) is 61.9 Å². The number of aryl methyl sites for hydroxylation is 2. The van der Waals surface area contributed by atoms with Crippen molar-refractivity contribution in [2.24, 2.45) is 0 Å². The Balaban J connectivity index is 1.63. The average Bonchev–Trinajstić information content (AvgIpc) is 2.66. The number of nitrogens with one attached hydrogen (secondary N) is 2. The lowest BCUT2D eigenvalue weighted by molar-refractivity contribution is -0.118. The van der Waals surface area contributed by atoms with E-state index < -0.39 is 0 Å². The van der Waals surface area contributed by atoms with Crippen LogP contribution < -0.4 is 15.4 Å². The van der Waals surface area contributed by atoms with E-state index in [1.165, 1.54) is 5.56 Å². The van der Waals surface area contributed by atoms with Crippen LogP contribution in [0.25, 0.3) is 0 Å². The monoisotopic (exact) mass is 380 g/mol. The number of hydrogen-bond donors (Lipinski definition) is 2. The minimum Gasteiger partial charge on any atom is -0.484 e. The van der Waals surface area contributed by atoms with Crippen LogP contribution in [0.2, 0.25) is 5.02 Å². The Morgan fingerprint density at radius 3 is 2.37 bits per heavy atom. The van der Waals surface area contributed by atoms with Gasteiger partial charge in [0.1, 0.15) is 5.75 Å². The zero-order valence-corrected chi connectivity index (χ0v) is 16.0. The number of carbonyl (C=O) groups excluding carboxylic acids is 1. The fourth-order valence-corrected chi connectivity index (χ4v) is 2.65. The molecule has 3 rings (SSSR count). The largest absolute Gasteiger partial charge is 0.484 e. The van der Waals surface area contributed by atoms with Crippen LogP contribution >= 0.6 is 11.6 Å². The molecule has 4 nitrogen and oxygen atoms in total. The normalized spacial score (nSPS) is 10.3. The zero-order chi connectivity index (χ0) is 19.2. The van der Waals surface area contributed by atoms with Crippen LogP contribution in [-0.2, 0) is 4.79 Å². The minimum absolute atomic E-state index is 0.0834. The maximum Gasteiger partial charge on any atom is 0.262 e. The number of amides is 1. The van der Waals surface area contributed by atoms with Crippen molar-refractivity contribution in [2.45, 2.75) is 13.8 Å². The van der Waals surface area contributed by atoms with Crippen molar-refractivity contribution >= 4 is 34.6 Å². The molecular weight excluding hydrogens is 360 g/mol. The predicted octanol–water partition coefficient (Wildman–Crippen LogP) is 5.72. The molecular formula is C22H21ClN2O2. The van der Waals surface area contributed by atoms with Crippen molar-refractivity contribution < 1.29 is 9.53 Å². The van der Waals surface area contributed by atoms with Crippen LogP contribution in [0.15, 0.2) is 66.7 Å². The van der Waals surface area contributed by atoms with E-state index in [1.807, 2.05) is 68.4 Å². The van der Waals surface area contributed by atoms with Gasteiger partial charge >= 0.3 is 0 Å². The summed E-state index contributed by atoms with van der Waals surface area (Å²) in [5.41, 5.74) is 4.56. The SMILES string of the molecule is Cc1ccc(Nc2ccccc2NC(=O)COc2ccc(Cl)c(C)c2)cc1. The number of halogens is 1. The maximum atomic E-state index is 12.3. The molecule has 138 valence electrons. The third-order valence-electron chi connectivity index (χ3n) is 4.03. The van der Waals surface area contributed by atoms with Crippen LogP contribution in [0.1, 0.15) is 11.1 Å². The standard InChI is InChI=1S/C22H21ClN2O2/c1-15-7-9-17(10-8-15)24-20-5-3-4-6-21(20)25-22(26)14-27-18-11-12-19(23)16(2)13-18/h3-13,24H,14H2,1-2H3,(H,25,26). The third-order valence-corrected chi connectivity index (χ3v) is 4.46. The quantitative estimate of drug-likeness (QED) is 0.575. The van der Waals surface area contributed by atoms with Crippen molar-refractivity contribution in [1.29, 1.82) is 0 Å². The van der Waals surface area contributed by atoms with Gasteiger partial charge < -0.3 is 15.4 Å². The number of carbonyl (C=O) groups is 1. The molecule has 2 N–H and O–H groups in total. The molecule has 0 aliphatic carbocycles. The van der Waals surface area contributed by atoms with E-state index in [0.29, 0.717) is 16.5 Å². The van der Waals surface area contributed by atoms with E-state index in [-0.39, 0.29) is 12.5 Å². The summed E-state index contributed by atoms with van der Waals surface area (Å²) in [6, 6.07) is 20.9. The molecule has 0 aromatic heterocycles. The van der Waals surface area contributed by atoms with Gasteiger partial charge in [-0.1, -0.05) is 41.4 Å². The first kappa shape index (κ1) is 18.8. The number of hydrogen-bond acceptors (Lipinski definition) is 3. The highest BCUT2D eigenvalue weighted by molar-refractivity contribution is 6.31. The van der Waals surface area contributed by atoms with Crippen molar-refractivity contribution in [3.05, 3.63) is 82.9 Å². The molecule has 3 aromatic rings. The Morgan fingerprint density at radius 2 is 1.67 bits per heavy atom. The van der Waals surface area contributed by atoms with E-state index >= 15 is 0 Å². The molecule has 5 heteroatoms. The smallest absolute Gasteiger partial charge is 0.262 e.